The van der Waals surface area contributed by atoms with Crippen molar-refractivity contribution in [3.05, 3.63) is 46.7 Å². The van der Waals surface area contributed by atoms with Crippen molar-refractivity contribution in [3.63, 3.8) is 0 Å². The second-order valence-corrected chi connectivity index (χ2v) is 6.61. The molecule has 130 valence electrons. The summed E-state index contributed by atoms with van der Waals surface area (Å²) < 4.78 is 2.63. The number of hydrogen-bond donors (Lipinski definition) is 2. The Morgan fingerprint density at radius 1 is 1.32 bits per heavy atom. The van der Waals surface area contributed by atoms with Crippen LogP contribution in [-0.2, 0) is 6.54 Å². The Morgan fingerprint density at radius 3 is 2.68 bits per heavy atom. The maximum absolute atomic E-state index is 11.5. The lowest BCUT2D eigenvalue weighted by molar-refractivity contribution is 0.199. The first-order valence-electron chi connectivity index (χ1n) is 7.67. The molecule has 0 fully saturated rings. The van der Waals surface area contributed by atoms with Crippen molar-refractivity contribution in [1.29, 1.82) is 0 Å². The fourth-order valence-corrected chi connectivity index (χ4v) is 2.69. The highest BCUT2D eigenvalue weighted by Gasteiger charge is 2.24. The summed E-state index contributed by atoms with van der Waals surface area (Å²) in [4.78, 5) is 17.0. The summed E-state index contributed by atoms with van der Waals surface area (Å²) in [6.45, 7) is 4.13. The van der Waals surface area contributed by atoms with Crippen LogP contribution in [0.3, 0.4) is 0 Å². The van der Waals surface area contributed by atoms with Crippen LogP contribution in [0.1, 0.15) is 19.4 Å². The average Bonchev–Trinajstić information content (AvgIpc) is 2.98. The van der Waals surface area contributed by atoms with E-state index >= 15 is 0 Å². The number of fused-ring (bicyclic) bond motifs is 1. The van der Waals surface area contributed by atoms with Gasteiger partial charge in [-0.15, -0.1) is 10.2 Å². The van der Waals surface area contributed by atoms with E-state index in [1.165, 1.54) is 4.90 Å². The quantitative estimate of drug-likeness (QED) is 0.676. The van der Waals surface area contributed by atoms with Crippen LogP contribution in [0.4, 0.5) is 16.6 Å². The molecule has 0 radical (unpaired) electrons. The zero-order valence-corrected chi connectivity index (χ0v) is 15.3. The Labute approximate surface area is 152 Å². The molecule has 25 heavy (non-hydrogen) atoms. The van der Waals surface area contributed by atoms with Gasteiger partial charge in [-0.3, -0.25) is 4.40 Å². The largest absolute Gasteiger partial charge is 0.465 e. The van der Waals surface area contributed by atoms with Gasteiger partial charge in [0.1, 0.15) is 0 Å². The number of hydrogen-bond acceptors (Lipinski definition) is 5. The van der Waals surface area contributed by atoms with E-state index in [2.05, 4.69) is 36.4 Å². The minimum absolute atomic E-state index is 0.242. The fraction of sp³-hybridized carbons (Fsp3) is 0.250. The third-order valence-corrected chi connectivity index (χ3v) is 4.15. The second kappa shape index (κ2) is 7.06. The Bertz CT molecular complexity index is 893. The predicted molar refractivity (Wildman–Crippen MR) is 97.9 cm³/mol. The molecule has 2 heterocycles. The van der Waals surface area contributed by atoms with Crippen molar-refractivity contribution in [3.8, 4) is 0 Å². The zero-order chi connectivity index (χ0) is 18.0. The molecule has 1 aromatic carbocycles. The lowest BCUT2D eigenvalue weighted by Gasteiger charge is -2.20. The summed E-state index contributed by atoms with van der Waals surface area (Å²) in [6.07, 6.45) is 2.16. The van der Waals surface area contributed by atoms with Crippen molar-refractivity contribution in [2.24, 2.45) is 0 Å². The number of rotatable bonds is 5. The fourth-order valence-electron chi connectivity index (χ4n) is 2.43. The van der Waals surface area contributed by atoms with Gasteiger partial charge in [-0.25, -0.2) is 14.7 Å². The van der Waals surface area contributed by atoms with E-state index in [1.54, 1.807) is 30.6 Å². The number of amides is 1. The van der Waals surface area contributed by atoms with Crippen LogP contribution in [0.2, 0.25) is 0 Å². The van der Waals surface area contributed by atoms with Crippen molar-refractivity contribution in [2.75, 3.05) is 10.2 Å². The van der Waals surface area contributed by atoms with Gasteiger partial charge in [-0.2, -0.15) is 0 Å². The molecule has 0 saturated carbocycles. The molecule has 0 spiro atoms. The number of nitrogens with one attached hydrogen (secondary N) is 1. The first-order chi connectivity index (χ1) is 12.0. The molecule has 3 aromatic rings. The van der Waals surface area contributed by atoms with Crippen molar-refractivity contribution < 1.29 is 9.90 Å². The van der Waals surface area contributed by atoms with Gasteiger partial charge in [0.2, 0.25) is 11.6 Å². The second-order valence-electron chi connectivity index (χ2n) is 5.70. The molecule has 2 aromatic heterocycles. The average molecular weight is 405 g/mol. The number of nitrogens with zero attached hydrogens (tertiary/aromatic N) is 5. The molecule has 0 bridgehead atoms. The summed E-state index contributed by atoms with van der Waals surface area (Å²) in [7, 11) is 0. The van der Waals surface area contributed by atoms with Gasteiger partial charge in [0, 0.05) is 29.5 Å². The molecule has 0 unspecified atom stereocenters. The first kappa shape index (κ1) is 17.2. The molecule has 0 aliphatic carbocycles. The van der Waals surface area contributed by atoms with Crippen LogP contribution in [0, 0.1) is 0 Å². The van der Waals surface area contributed by atoms with Gasteiger partial charge in [0.15, 0.2) is 5.82 Å². The predicted octanol–water partition coefficient (Wildman–Crippen LogP) is 3.39. The Hall–Kier alpha value is -2.68. The summed E-state index contributed by atoms with van der Waals surface area (Å²) in [6, 6.07) is 7.66. The van der Waals surface area contributed by atoms with Crippen LogP contribution in [0.15, 0.2) is 41.1 Å². The smallest absolute Gasteiger partial charge is 0.414 e. The van der Waals surface area contributed by atoms with Gasteiger partial charge >= 0.3 is 6.09 Å². The Balaban J connectivity index is 1.90. The molecule has 1 amide bonds. The van der Waals surface area contributed by atoms with Gasteiger partial charge in [-0.1, -0.05) is 28.1 Å². The summed E-state index contributed by atoms with van der Waals surface area (Å²) in [5, 5.41) is 20.8. The normalized spacial score (nSPS) is 11.0. The molecule has 3 rings (SSSR count). The molecule has 0 saturated heterocycles. The number of anilines is 2. The maximum Gasteiger partial charge on any atom is 0.414 e. The zero-order valence-electron chi connectivity index (χ0n) is 13.7. The van der Waals surface area contributed by atoms with E-state index in [0.717, 1.165) is 10.0 Å². The highest BCUT2D eigenvalue weighted by atomic mass is 79.9. The van der Waals surface area contributed by atoms with Crippen LogP contribution in [0.5, 0.6) is 0 Å². The summed E-state index contributed by atoms with van der Waals surface area (Å²) in [5.41, 5.74) is 1.56. The van der Waals surface area contributed by atoms with E-state index in [-0.39, 0.29) is 12.0 Å². The van der Waals surface area contributed by atoms with Gasteiger partial charge in [0.05, 0.1) is 0 Å². The number of carboxylic acid groups (broad SMARTS) is 1. The summed E-state index contributed by atoms with van der Waals surface area (Å²) >= 11 is 3.41. The van der Waals surface area contributed by atoms with E-state index in [9.17, 15) is 9.90 Å². The van der Waals surface area contributed by atoms with Crippen molar-refractivity contribution in [1.82, 2.24) is 19.6 Å². The SMILES string of the molecule is CC(C)N(C(=O)O)c1nnc2c(NCc3ccc(Br)cc3)nccn12. The third kappa shape index (κ3) is 3.55. The van der Waals surface area contributed by atoms with E-state index in [0.29, 0.717) is 18.0 Å². The Morgan fingerprint density at radius 2 is 2.04 bits per heavy atom. The van der Waals surface area contributed by atoms with E-state index < -0.39 is 6.09 Å². The highest BCUT2D eigenvalue weighted by molar-refractivity contribution is 9.10. The lowest BCUT2D eigenvalue weighted by Crippen LogP contribution is -2.37. The minimum atomic E-state index is -1.08. The molecule has 2 N–H and O–H groups in total. The van der Waals surface area contributed by atoms with Crippen LogP contribution in [0.25, 0.3) is 5.65 Å². The standard InChI is InChI=1S/C16H17BrN6O2/c1-10(2)23(16(24)25)15-21-20-14-13(18-7-8-22(14)15)19-9-11-3-5-12(17)6-4-11/h3-8,10H,9H2,1-2H3,(H,18,19)(H,24,25). The molecule has 0 atom stereocenters. The van der Waals surface area contributed by atoms with Gasteiger partial charge < -0.3 is 10.4 Å². The molecule has 0 aliphatic rings. The van der Waals surface area contributed by atoms with Crippen LogP contribution < -0.4 is 10.2 Å². The van der Waals surface area contributed by atoms with E-state index in [1.807, 2.05) is 24.3 Å². The first-order valence-corrected chi connectivity index (χ1v) is 8.47. The minimum Gasteiger partial charge on any atom is -0.465 e. The van der Waals surface area contributed by atoms with Crippen LogP contribution in [-0.4, -0.2) is 36.8 Å². The summed E-state index contributed by atoms with van der Waals surface area (Å²) in [5.74, 6) is 0.782. The van der Waals surface area contributed by atoms with Gasteiger partial charge in [-0.05, 0) is 31.5 Å². The van der Waals surface area contributed by atoms with Crippen LogP contribution >= 0.6 is 15.9 Å². The number of carbonyl (C=O) groups is 1. The Kier molecular flexibility index (Phi) is 4.84. The van der Waals surface area contributed by atoms with Crippen molar-refractivity contribution >= 4 is 39.4 Å². The molecule has 9 heteroatoms. The molecule has 0 aliphatic heterocycles. The monoisotopic (exact) mass is 404 g/mol. The molecule has 8 nitrogen and oxygen atoms in total. The number of aromatic nitrogens is 4. The third-order valence-electron chi connectivity index (χ3n) is 3.62. The van der Waals surface area contributed by atoms with Crippen molar-refractivity contribution in [2.45, 2.75) is 26.4 Å². The topological polar surface area (TPSA) is 95.7 Å². The molecular formula is C16H17BrN6O2. The maximum atomic E-state index is 11.5. The van der Waals surface area contributed by atoms with Gasteiger partial charge in [0.25, 0.3) is 0 Å². The number of benzene rings is 1. The number of halogens is 1. The van der Waals surface area contributed by atoms with E-state index in [4.69, 9.17) is 0 Å². The lowest BCUT2D eigenvalue weighted by atomic mass is 10.2. The molecular weight excluding hydrogens is 388 g/mol. The highest BCUT2D eigenvalue weighted by Crippen LogP contribution is 2.21.